The van der Waals surface area contributed by atoms with Crippen LogP contribution in [0.3, 0.4) is 0 Å². The van der Waals surface area contributed by atoms with Crippen molar-refractivity contribution < 1.29 is 14.3 Å². The fourth-order valence-corrected chi connectivity index (χ4v) is 3.74. The van der Waals surface area contributed by atoms with Crippen LogP contribution >= 0.6 is 11.3 Å². The summed E-state index contributed by atoms with van der Waals surface area (Å²) in [6.07, 6.45) is 2.07. The maximum absolute atomic E-state index is 12.3. The molecule has 1 aliphatic rings. The number of hydrogen-bond donors (Lipinski definition) is 0. The molecule has 3 rings (SSSR count). The van der Waals surface area contributed by atoms with Crippen molar-refractivity contribution in [2.75, 3.05) is 26.8 Å². The zero-order valence-corrected chi connectivity index (χ0v) is 14.1. The summed E-state index contributed by atoms with van der Waals surface area (Å²) < 4.78 is 10.7. The van der Waals surface area contributed by atoms with Gasteiger partial charge in [-0.3, -0.25) is 4.79 Å². The highest BCUT2D eigenvalue weighted by Crippen LogP contribution is 2.31. The molecule has 1 aromatic heterocycles. The van der Waals surface area contributed by atoms with Gasteiger partial charge in [0.25, 0.3) is 5.91 Å². The van der Waals surface area contributed by atoms with Gasteiger partial charge in [-0.15, -0.1) is 11.3 Å². The number of carbonyl (C=O) groups excluding carboxylic acids is 1. The lowest BCUT2D eigenvalue weighted by molar-refractivity contribution is -0.134. The van der Waals surface area contributed by atoms with Crippen molar-refractivity contribution in [3.05, 3.63) is 46.7 Å². The molecule has 0 atom stereocenters. The molecule has 4 nitrogen and oxygen atoms in total. The summed E-state index contributed by atoms with van der Waals surface area (Å²) >= 11 is 1.81. The highest BCUT2D eigenvalue weighted by molar-refractivity contribution is 7.10. The highest BCUT2D eigenvalue weighted by Gasteiger charge is 2.24. The van der Waals surface area contributed by atoms with Gasteiger partial charge < -0.3 is 14.4 Å². The maximum Gasteiger partial charge on any atom is 0.260 e. The predicted molar refractivity (Wildman–Crippen MR) is 91.4 cm³/mol. The Morgan fingerprint density at radius 3 is 2.48 bits per heavy atom. The molecule has 0 aliphatic carbocycles. The van der Waals surface area contributed by atoms with E-state index in [1.165, 1.54) is 4.88 Å². The number of rotatable bonds is 5. The smallest absolute Gasteiger partial charge is 0.260 e. The fourth-order valence-electron chi connectivity index (χ4n) is 2.85. The van der Waals surface area contributed by atoms with Crippen LogP contribution in [0.15, 0.2) is 41.8 Å². The van der Waals surface area contributed by atoms with Gasteiger partial charge in [0.2, 0.25) is 0 Å². The van der Waals surface area contributed by atoms with E-state index >= 15 is 0 Å². The molecule has 122 valence electrons. The van der Waals surface area contributed by atoms with E-state index in [4.69, 9.17) is 9.47 Å². The first-order valence-corrected chi connectivity index (χ1v) is 8.72. The number of piperidine rings is 1. The lowest BCUT2D eigenvalue weighted by atomic mass is 9.95. The average molecular weight is 331 g/mol. The normalized spacial score (nSPS) is 15.4. The Balaban J connectivity index is 1.45. The molecule has 1 saturated heterocycles. The number of carbonyl (C=O) groups is 1. The van der Waals surface area contributed by atoms with Gasteiger partial charge in [-0.05, 0) is 54.5 Å². The van der Waals surface area contributed by atoms with Gasteiger partial charge in [-0.1, -0.05) is 6.07 Å². The highest BCUT2D eigenvalue weighted by atomic mass is 32.1. The predicted octanol–water partition coefficient (Wildman–Crippen LogP) is 3.54. The van der Waals surface area contributed by atoms with Gasteiger partial charge in [0.1, 0.15) is 11.5 Å². The third-order valence-electron chi connectivity index (χ3n) is 4.21. The third kappa shape index (κ3) is 4.05. The van der Waals surface area contributed by atoms with Crippen LogP contribution in [0.4, 0.5) is 0 Å². The van der Waals surface area contributed by atoms with Crippen LogP contribution in [0.1, 0.15) is 23.6 Å². The number of amides is 1. The number of ether oxygens (including phenoxy) is 2. The van der Waals surface area contributed by atoms with E-state index in [2.05, 4.69) is 17.5 Å². The first kappa shape index (κ1) is 15.9. The molecule has 1 aromatic carbocycles. The van der Waals surface area contributed by atoms with Crippen LogP contribution in [0.5, 0.6) is 11.5 Å². The van der Waals surface area contributed by atoms with Crippen molar-refractivity contribution >= 4 is 17.2 Å². The van der Waals surface area contributed by atoms with Gasteiger partial charge in [-0.2, -0.15) is 0 Å². The van der Waals surface area contributed by atoms with E-state index in [-0.39, 0.29) is 12.5 Å². The van der Waals surface area contributed by atoms with Gasteiger partial charge in [-0.25, -0.2) is 0 Å². The topological polar surface area (TPSA) is 38.8 Å². The minimum absolute atomic E-state index is 0.0606. The molecule has 0 radical (unpaired) electrons. The van der Waals surface area contributed by atoms with Crippen LogP contribution in [0.25, 0.3) is 0 Å². The molecule has 0 unspecified atom stereocenters. The Morgan fingerprint density at radius 2 is 1.87 bits per heavy atom. The SMILES string of the molecule is COc1ccc(OCC(=O)N2CCC(c3cccs3)CC2)cc1. The van der Waals surface area contributed by atoms with Gasteiger partial charge in [0.15, 0.2) is 6.61 Å². The fraction of sp³-hybridized carbons (Fsp3) is 0.389. The third-order valence-corrected chi connectivity index (χ3v) is 5.25. The van der Waals surface area contributed by atoms with Crippen LogP contribution < -0.4 is 9.47 Å². The summed E-state index contributed by atoms with van der Waals surface area (Å²) in [5, 5.41) is 2.12. The molecule has 1 amide bonds. The molecule has 0 saturated carbocycles. The van der Waals surface area contributed by atoms with E-state index in [1.807, 2.05) is 40.5 Å². The van der Waals surface area contributed by atoms with Gasteiger partial charge in [0.05, 0.1) is 7.11 Å². The van der Waals surface area contributed by atoms with Gasteiger partial charge in [0, 0.05) is 18.0 Å². The van der Waals surface area contributed by atoms with Crippen molar-refractivity contribution in [1.82, 2.24) is 4.90 Å². The summed E-state index contributed by atoms with van der Waals surface area (Å²) in [4.78, 5) is 15.6. The maximum atomic E-state index is 12.3. The largest absolute Gasteiger partial charge is 0.497 e. The summed E-state index contributed by atoms with van der Waals surface area (Å²) in [6.45, 7) is 1.72. The summed E-state index contributed by atoms with van der Waals surface area (Å²) in [6, 6.07) is 11.6. The minimum Gasteiger partial charge on any atom is -0.497 e. The molecule has 1 aliphatic heterocycles. The van der Waals surface area contributed by atoms with Crippen LogP contribution in [0.2, 0.25) is 0 Å². The molecule has 23 heavy (non-hydrogen) atoms. The van der Waals surface area contributed by atoms with Crippen LogP contribution in [-0.4, -0.2) is 37.6 Å². The first-order valence-electron chi connectivity index (χ1n) is 7.84. The van der Waals surface area contributed by atoms with Crippen molar-refractivity contribution in [3.8, 4) is 11.5 Å². The number of hydrogen-bond acceptors (Lipinski definition) is 4. The van der Waals surface area contributed by atoms with Crippen molar-refractivity contribution in [2.24, 2.45) is 0 Å². The first-order chi connectivity index (χ1) is 11.3. The molecule has 2 aromatic rings. The Hall–Kier alpha value is -2.01. The average Bonchev–Trinajstić information content (AvgIpc) is 3.15. The number of thiophene rings is 1. The molecular formula is C18H21NO3S. The zero-order valence-electron chi connectivity index (χ0n) is 13.2. The summed E-state index contributed by atoms with van der Waals surface area (Å²) in [5.74, 6) is 2.12. The molecule has 2 heterocycles. The van der Waals surface area contributed by atoms with E-state index in [0.29, 0.717) is 11.7 Å². The second-order valence-electron chi connectivity index (χ2n) is 5.63. The standard InChI is InChI=1S/C18H21NO3S/c1-21-15-4-6-16(7-5-15)22-13-18(20)19-10-8-14(9-11-19)17-3-2-12-23-17/h2-7,12,14H,8-11,13H2,1H3. The van der Waals surface area contributed by atoms with Crippen LogP contribution in [0, 0.1) is 0 Å². The molecular weight excluding hydrogens is 310 g/mol. The van der Waals surface area contributed by atoms with E-state index < -0.39 is 0 Å². The molecule has 5 heteroatoms. The second kappa shape index (κ2) is 7.51. The lowest BCUT2D eigenvalue weighted by Gasteiger charge is -2.31. The van der Waals surface area contributed by atoms with Crippen molar-refractivity contribution in [2.45, 2.75) is 18.8 Å². The Bertz CT molecular complexity index is 616. The molecule has 0 N–H and O–H groups in total. The molecule has 0 spiro atoms. The monoisotopic (exact) mass is 331 g/mol. The summed E-state index contributed by atoms with van der Waals surface area (Å²) in [7, 11) is 1.62. The second-order valence-corrected chi connectivity index (χ2v) is 6.61. The van der Waals surface area contributed by atoms with E-state index in [0.717, 1.165) is 31.7 Å². The minimum atomic E-state index is 0.0606. The summed E-state index contributed by atoms with van der Waals surface area (Å²) in [5.41, 5.74) is 0. The number of benzene rings is 1. The Labute approximate surface area is 140 Å². The van der Waals surface area contributed by atoms with E-state index in [9.17, 15) is 4.79 Å². The molecule has 1 fully saturated rings. The number of methoxy groups -OCH3 is 1. The van der Waals surface area contributed by atoms with Crippen molar-refractivity contribution in [3.63, 3.8) is 0 Å². The van der Waals surface area contributed by atoms with Crippen molar-refractivity contribution in [1.29, 1.82) is 0 Å². The van der Waals surface area contributed by atoms with Crippen LogP contribution in [-0.2, 0) is 4.79 Å². The lowest BCUT2D eigenvalue weighted by Crippen LogP contribution is -2.40. The quantitative estimate of drug-likeness (QED) is 0.841. The van der Waals surface area contributed by atoms with E-state index in [1.54, 1.807) is 7.11 Å². The zero-order chi connectivity index (χ0) is 16.1. The number of nitrogens with zero attached hydrogens (tertiary/aromatic N) is 1. The Morgan fingerprint density at radius 1 is 1.17 bits per heavy atom. The van der Waals surface area contributed by atoms with Gasteiger partial charge >= 0.3 is 0 Å². The number of likely N-dealkylation sites (tertiary alicyclic amines) is 1. The Kier molecular flexibility index (Phi) is 5.18. The molecule has 0 bridgehead atoms.